The molecule has 0 aliphatic rings. The first-order valence-electron chi connectivity index (χ1n) is 5.57. The van der Waals surface area contributed by atoms with E-state index in [1.54, 1.807) is 12.1 Å². The number of nitriles is 1. The number of halogens is 1. The Morgan fingerprint density at radius 3 is 2.62 bits per heavy atom. The Morgan fingerprint density at radius 2 is 2.12 bits per heavy atom. The molecule has 0 aliphatic heterocycles. The number of hydrogen-bond acceptors (Lipinski definition) is 2. The highest BCUT2D eigenvalue weighted by Gasteiger charge is 2.16. The molecule has 3 heteroatoms. The summed E-state index contributed by atoms with van der Waals surface area (Å²) in [6.07, 6.45) is 0.972. The van der Waals surface area contributed by atoms with E-state index in [1.807, 2.05) is 19.9 Å². The quantitative estimate of drug-likeness (QED) is 0.778. The zero-order valence-corrected chi connectivity index (χ0v) is 10.00. The van der Waals surface area contributed by atoms with Crippen molar-refractivity contribution in [2.24, 2.45) is 0 Å². The van der Waals surface area contributed by atoms with Gasteiger partial charge in [-0.25, -0.2) is 4.39 Å². The van der Waals surface area contributed by atoms with Gasteiger partial charge in [0.05, 0.1) is 5.69 Å². The van der Waals surface area contributed by atoms with Crippen molar-refractivity contribution >= 4 is 5.69 Å². The third-order valence-corrected chi connectivity index (χ3v) is 2.50. The van der Waals surface area contributed by atoms with Crippen LogP contribution in [-0.4, -0.2) is 12.6 Å². The minimum absolute atomic E-state index is 0.143. The lowest BCUT2D eigenvalue weighted by molar-refractivity contribution is 0.617. The molecule has 0 aromatic heterocycles. The van der Waals surface area contributed by atoms with Crippen molar-refractivity contribution in [3.8, 4) is 6.07 Å². The lowest BCUT2D eigenvalue weighted by Gasteiger charge is -2.29. The molecule has 86 valence electrons. The van der Waals surface area contributed by atoms with E-state index in [9.17, 15) is 4.39 Å². The fourth-order valence-electron chi connectivity index (χ4n) is 1.76. The largest absolute Gasteiger partial charge is 0.368 e. The molecule has 0 heterocycles. The van der Waals surface area contributed by atoms with Crippen LogP contribution in [0.15, 0.2) is 18.2 Å². The molecule has 0 bridgehead atoms. The van der Waals surface area contributed by atoms with Crippen LogP contribution in [0.1, 0.15) is 32.8 Å². The molecule has 0 aliphatic carbocycles. The molecule has 1 rings (SSSR count). The van der Waals surface area contributed by atoms with Gasteiger partial charge in [0.25, 0.3) is 0 Å². The van der Waals surface area contributed by atoms with Crippen molar-refractivity contribution in [3.63, 3.8) is 0 Å². The highest BCUT2D eigenvalue weighted by Crippen LogP contribution is 2.24. The molecule has 16 heavy (non-hydrogen) atoms. The Hall–Kier alpha value is -1.56. The number of nitrogens with zero attached hydrogens (tertiary/aromatic N) is 2. The molecule has 0 radical (unpaired) electrons. The monoisotopic (exact) mass is 220 g/mol. The molecule has 0 unspecified atom stereocenters. The summed E-state index contributed by atoms with van der Waals surface area (Å²) in [5.41, 5.74) is 0.837. The van der Waals surface area contributed by atoms with Crippen LogP contribution in [0.4, 0.5) is 10.1 Å². The van der Waals surface area contributed by atoms with Crippen LogP contribution < -0.4 is 4.90 Å². The molecule has 0 atom stereocenters. The molecule has 2 nitrogen and oxygen atoms in total. The van der Waals surface area contributed by atoms with Crippen molar-refractivity contribution in [1.82, 2.24) is 0 Å². The van der Waals surface area contributed by atoms with Crippen LogP contribution in [0.3, 0.4) is 0 Å². The van der Waals surface area contributed by atoms with Crippen LogP contribution in [0.5, 0.6) is 0 Å². The summed E-state index contributed by atoms with van der Waals surface area (Å²) in [4.78, 5) is 2.06. The maximum Gasteiger partial charge on any atom is 0.143 e. The summed E-state index contributed by atoms with van der Waals surface area (Å²) >= 11 is 0. The van der Waals surface area contributed by atoms with Crippen molar-refractivity contribution in [2.75, 3.05) is 11.4 Å². The van der Waals surface area contributed by atoms with Gasteiger partial charge in [-0.05, 0) is 32.4 Å². The minimum atomic E-state index is -0.443. The van der Waals surface area contributed by atoms with Gasteiger partial charge in [0.1, 0.15) is 17.4 Å². The van der Waals surface area contributed by atoms with Gasteiger partial charge in [-0.3, -0.25) is 0 Å². The Morgan fingerprint density at radius 1 is 1.44 bits per heavy atom. The van der Waals surface area contributed by atoms with Gasteiger partial charge in [-0.1, -0.05) is 13.0 Å². The zero-order valence-electron chi connectivity index (χ0n) is 10.00. The Balaban J connectivity index is 3.19. The summed E-state index contributed by atoms with van der Waals surface area (Å²) in [7, 11) is 0. The molecule has 1 aromatic carbocycles. The third-order valence-electron chi connectivity index (χ3n) is 2.50. The predicted molar refractivity (Wildman–Crippen MR) is 63.9 cm³/mol. The fraction of sp³-hybridized carbons (Fsp3) is 0.462. The zero-order chi connectivity index (χ0) is 12.1. The van der Waals surface area contributed by atoms with E-state index in [4.69, 9.17) is 5.26 Å². The predicted octanol–water partition coefficient (Wildman–Crippen LogP) is 3.32. The standard InChI is InChI=1S/C13H17FN2/c1-4-8-16(10(2)3)13-7-5-6-12(14)11(13)9-15/h5-7,10H,4,8H2,1-3H3. The molecule has 1 aromatic rings. The lowest BCUT2D eigenvalue weighted by Crippen LogP contribution is -2.32. The fourth-order valence-corrected chi connectivity index (χ4v) is 1.76. The summed E-state index contributed by atoms with van der Waals surface area (Å²) < 4.78 is 13.5. The van der Waals surface area contributed by atoms with E-state index in [-0.39, 0.29) is 11.6 Å². The molecule has 0 spiro atoms. The van der Waals surface area contributed by atoms with Crippen molar-refractivity contribution < 1.29 is 4.39 Å². The van der Waals surface area contributed by atoms with Gasteiger partial charge in [0, 0.05) is 12.6 Å². The summed E-state index contributed by atoms with van der Waals surface area (Å²) in [5.74, 6) is -0.443. The van der Waals surface area contributed by atoms with E-state index in [2.05, 4.69) is 11.8 Å². The van der Waals surface area contributed by atoms with E-state index in [0.717, 1.165) is 13.0 Å². The van der Waals surface area contributed by atoms with Gasteiger partial charge < -0.3 is 4.90 Å². The average molecular weight is 220 g/mol. The normalized spacial score (nSPS) is 10.2. The van der Waals surface area contributed by atoms with Gasteiger partial charge in [-0.2, -0.15) is 5.26 Å². The highest BCUT2D eigenvalue weighted by molar-refractivity contribution is 5.60. The second kappa shape index (κ2) is 5.50. The first-order valence-corrected chi connectivity index (χ1v) is 5.57. The molecule has 0 amide bonds. The van der Waals surface area contributed by atoms with E-state index in [0.29, 0.717) is 5.69 Å². The Kier molecular flexibility index (Phi) is 4.30. The smallest absolute Gasteiger partial charge is 0.143 e. The van der Waals surface area contributed by atoms with Crippen LogP contribution in [-0.2, 0) is 0 Å². The first-order chi connectivity index (χ1) is 7.61. The summed E-state index contributed by atoms with van der Waals surface area (Å²) in [6, 6.07) is 6.98. The molecule has 0 saturated carbocycles. The Bertz CT molecular complexity index is 393. The lowest BCUT2D eigenvalue weighted by atomic mass is 10.1. The van der Waals surface area contributed by atoms with E-state index in [1.165, 1.54) is 6.07 Å². The molecule has 0 fully saturated rings. The van der Waals surface area contributed by atoms with Crippen LogP contribution in [0, 0.1) is 17.1 Å². The second-order valence-corrected chi connectivity index (χ2v) is 4.03. The molecular weight excluding hydrogens is 203 g/mol. The van der Waals surface area contributed by atoms with Gasteiger partial charge in [0.2, 0.25) is 0 Å². The van der Waals surface area contributed by atoms with Crippen LogP contribution in [0.2, 0.25) is 0 Å². The average Bonchev–Trinajstić information content (AvgIpc) is 2.25. The second-order valence-electron chi connectivity index (χ2n) is 4.03. The van der Waals surface area contributed by atoms with E-state index < -0.39 is 5.82 Å². The SMILES string of the molecule is CCCN(c1cccc(F)c1C#N)C(C)C. The molecule has 0 saturated heterocycles. The number of rotatable bonds is 4. The van der Waals surface area contributed by atoms with Gasteiger partial charge >= 0.3 is 0 Å². The van der Waals surface area contributed by atoms with Gasteiger partial charge in [0.15, 0.2) is 0 Å². The van der Waals surface area contributed by atoms with Crippen molar-refractivity contribution in [2.45, 2.75) is 33.2 Å². The maximum absolute atomic E-state index is 13.5. The number of hydrogen-bond donors (Lipinski definition) is 0. The Labute approximate surface area is 96.3 Å². The minimum Gasteiger partial charge on any atom is -0.368 e. The number of benzene rings is 1. The van der Waals surface area contributed by atoms with Crippen LogP contribution in [0.25, 0.3) is 0 Å². The highest BCUT2D eigenvalue weighted by atomic mass is 19.1. The van der Waals surface area contributed by atoms with E-state index >= 15 is 0 Å². The van der Waals surface area contributed by atoms with Crippen molar-refractivity contribution in [3.05, 3.63) is 29.6 Å². The van der Waals surface area contributed by atoms with Gasteiger partial charge in [-0.15, -0.1) is 0 Å². The maximum atomic E-state index is 13.5. The molecule has 0 N–H and O–H groups in total. The third kappa shape index (κ3) is 2.52. The first kappa shape index (κ1) is 12.5. The van der Waals surface area contributed by atoms with Crippen LogP contribution >= 0.6 is 0 Å². The summed E-state index contributed by atoms with van der Waals surface area (Å²) in [5, 5.41) is 8.98. The van der Waals surface area contributed by atoms with Crippen molar-refractivity contribution in [1.29, 1.82) is 5.26 Å². The number of anilines is 1. The molecular formula is C13H17FN2. The topological polar surface area (TPSA) is 27.0 Å². The summed E-state index contributed by atoms with van der Waals surface area (Å²) in [6.45, 7) is 6.99.